The maximum atomic E-state index is 13.1. The van der Waals surface area contributed by atoms with Gasteiger partial charge in [-0.05, 0) is 30.5 Å². The van der Waals surface area contributed by atoms with Gasteiger partial charge in [0.1, 0.15) is 5.82 Å². The molecule has 1 rings (SSSR count). The van der Waals surface area contributed by atoms with E-state index in [0.717, 1.165) is 18.7 Å². The van der Waals surface area contributed by atoms with Crippen LogP contribution in [-0.4, -0.2) is 38.0 Å². The van der Waals surface area contributed by atoms with E-state index < -0.39 is 15.8 Å². The third-order valence-corrected chi connectivity index (χ3v) is 4.81. The first-order valence-electron chi connectivity index (χ1n) is 7.29. The van der Waals surface area contributed by atoms with Gasteiger partial charge in [-0.15, -0.1) is 0 Å². The standard InChI is InChI=1S/C15H22ClFN2O3S/c1-11(2)6-8-19(23(3,21)22)9-7-15(20)18-12-4-5-14(17)13(16)10-12/h4-5,10-11H,6-9H2,1-3H3,(H,18,20). The molecule has 0 heterocycles. The van der Waals surface area contributed by atoms with Gasteiger partial charge < -0.3 is 5.32 Å². The highest BCUT2D eigenvalue weighted by atomic mass is 35.5. The largest absolute Gasteiger partial charge is 0.326 e. The molecule has 0 unspecified atom stereocenters. The number of anilines is 1. The molecule has 0 aliphatic rings. The summed E-state index contributed by atoms with van der Waals surface area (Å²) in [5.41, 5.74) is 0.370. The van der Waals surface area contributed by atoms with Crippen LogP contribution in [0.3, 0.4) is 0 Å². The lowest BCUT2D eigenvalue weighted by atomic mass is 10.1. The summed E-state index contributed by atoms with van der Waals surface area (Å²) < 4.78 is 37.8. The van der Waals surface area contributed by atoms with Gasteiger partial charge in [-0.2, -0.15) is 0 Å². The van der Waals surface area contributed by atoms with Gasteiger partial charge in [-0.25, -0.2) is 17.1 Å². The third-order valence-electron chi connectivity index (χ3n) is 3.22. The third kappa shape index (κ3) is 7.28. The molecule has 0 aliphatic carbocycles. The number of carbonyl (C=O) groups is 1. The molecule has 8 heteroatoms. The van der Waals surface area contributed by atoms with Crippen molar-refractivity contribution in [2.24, 2.45) is 5.92 Å². The Morgan fingerprint density at radius 1 is 1.35 bits per heavy atom. The monoisotopic (exact) mass is 364 g/mol. The number of halogens is 2. The highest BCUT2D eigenvalue weighted by Gasteiger charge is 2.18. The van der Waals surface area contributed by atoms with Gasteiger partial charge in [-0.3, -0.25) is 4.79 Å². The van der Waals surface area contributed by atoms with Crippen LogP contribution < -0.4 is 5.32 Å². The van der Waals surface area contributed by atoms with Crippen LogP contribution in [0.2, 0.25) is 5.02 Å². The van der Waals surface area contributed by atoms with E-state index in [4.69, 9.17) is 11.6 Å². The molecule has 1 N–H and O–H groups in total. The molecule has 1 aromatic rings. The minimum atomic E-state index is -3.36. The van der Waals surface area contributed by atoms with E-state index in [0.29, 0.717) is 18.2 Å². The number of sulfonamides is 1. The minimum absolute atomic E-state index is 0.0140. The number of benzene rings is 1. The maximum absolute atomic E-state index is 13.1. The van der Waals surface area contributed by atoms with Crippen LogP contribution in [-0.2, 0) is 14.8 Å². The van der Waals surface area contributed by atoms with Crippen molar-refractivity contribution in [1.29, 1.82) is 0 Å². The summed E-state index contributed by atoms with van der Waals surface area (Å²) in [6, 6.07) is 3.86. The highest BCUT2D eigenvalue weighted by molar-refractivity contribution is 7.88. The topological polar surface area (TPSA) is 66.5 Å². The number of hydrogen-bond donors (Lipinski definition) is 1. The maximum Gasteiger partial charge on any atom is 0.225 e. The lowest BCUT2D eigenvalue weighted by Crippen LogP contribution is -2.34. The van der Waals surface area contributed by atoms with Crippen molar-refractivity contribution in [3.63, 3.8) is 0 Å². The molecule has 0 aromatic heterocycles. The Morgan fingerprint density at radius 3 is 2.52 bits per heavy atom. The molecule has 0 fully saturated rings. The van der Waals surface area contributed by atoms with Gasteiger partial charge in [0.2, 0.25) is 15.9 Å². The zero-order valence-corrected chi connectivity index (χ0v) is 15.0. The number of amides is 1. The summed E-state index contributed by atoms with van der Waals surface area (Å²) in [6.07, 6.45) is 1.87. The zero-order valence-electron chi connectivity index (χ0n) is 13.5. The molecule has 0 atom stereocenters. The molecule has 0 spiro atoms. The van der Waals surface area contributed by atoms with Gasteiger partial charge >= 0.3 is 0 Å². The molecule has 1 aromatic carbocycles. The second kappa shape index (κ2) is 8.61. The lowest BCUT2D eigenvalue weighted by Gasteiger charge is -2.20. The van der Waals surface area contributed by atoms with Crippen molar-refractivity contribution < 1.29 is 17.6 Å². The smallest absolute Gasteiger partial charge is 0.225 e. The summed E-state index contributed by atoms with van der Waals surface area (Å²) in [6.45, 7) is 4.50. The van der Waals surface area contributed by atoms with Gasteiger partial charge in [-0.1, -0.05) is 25.4 Å². The zero-order chi connectivity index (χ0) is 17.6. The van der Waals surface area contributed by atoms with Gasteiger partial charge in [0.25, 0.3) is 0 Å². The second-order valence-electron chi connectivity index (χ2n) is 5.77. The van der Waals surface area contributed by atoms with Gasteiger partial charge in [0, 0.05) is 25.2 Å². The molecular formula is C15H22ClFN2O3S. The summed E-state index contributed by atoms with van der Waals surface area (Å²) in [5.74, 6) is -0.554. The van der Waals surface area contributed by atoms with E-state index in [-0.39, 0.29) is 23.9 Å². The van der Waals surface area contributed by atoms with Gasteiger partial charge in [0.05, 0.1) is 11.3 Å². The fourth-order valence-corrected chi connectivity index (χ4v) is 2.91. The van der Waals surface area contributed by atoms with Crippen LogP contribution in [0.15, 0.2) is 18.2 Å². The Morgan fingerprint density at radius 2 is 2.00 bits per heavy atom. The molecule has 1 amide bonds. The quantitative estimate of drug-likeness (QED) is 0.770. The Labute approximate surface area is 141 Å². The molecule has 0 radical (unpaired) electrons. The minimum Gasteiger partial charge on any atom is -0.326 e. The molecule has 5 nitrogen and oxygen atoms in total. The fraction of sp³-hybridized carbons (Fsp3) is 0.533. The number of nitrogens with one attached hydrogen (secondary N) is 1. The molecule has 0 bridgehead atoms. The van der Waals surface area contributed by atoms with E-state index in [1.165, 1.54) is 16.4 Å². The van der Waals surface area contributed by atoms with Crippen LogP contribution >= 0.6 is 11.6 Å². The Kier molecular flexibility index (Phi) is 7.44. The average Bonchev–Trinajstić information content (AvgIpc) is 2.41. The van der Waals surface area contributed by atoms with E-state index in [2.05, 4.69) is 5.32 Å². The summed E-state index contributed by atoms with van der Waals surface area (Å²) in [7, 11) is -3.36. The van der Waals surface area contributed by atoms with Crippen LogP contribution in [0.5, 0.6) is 0 Å². The van der Waals surface area contributed by atoms with Gasteiger partial charge in [0.15, 0.2) is 0 Å². The van der Waals surface area contributed by atoms with Crippen LogP contribution in [0.4, 0.5) is 10.1 Å². The van der Waals surface area contributed by atoms with Crippen LogP contribution in [0.25, 0.3) is 0 Å². The van der Waals surface area contributed by atoms with Crippen molar-refractivity contribution in [1.82, 2.24) is 4.31 Å². The normalized spacial score (nSPS) is 12.0. The van der Waals surface area contributed by atoms with Crippen LogP contribution in [0.1, 0.15) is 26.7 Å². The molecule has 0 saturated carbocycles. The predicted molar refractivity (Wildman–Crippen MR) is 90.5 cm³/mol. The van der Waals surface area contributed by atoms with Crippen molar-refractivity contribution >= 4 is 33.2 Å². The Balaban J connectivity index is 2.59. The van der Waals surface area contributed by atoms with E-state index in [1.807, 2.05) is 13.8 Å². The number of hydrogen-bond acceptors (Lipinski definition) is 3. The number of rotatable bonds is 8. The van der Waals surface area contributed by atoms with Crippen LogP contribution in [0, 0.1) is 11.7 Å². The fourth-order valence-electron chi connectivity index (χ4n) is 1.87. The lowest BCUT2D eigenvalue weighted by molar-refractivity contribution is -0.116. The SMILES string of the molecule is CC(C)CCN(CCC(=O)Nc1ccc(F)c(Cl)c1)S(C)(=O)=O. The molecular weight excluding hydrogens is 343 g/mol. The first kappa shape index (κ1) is 19.9. The predicted octanol–water partition coefficient (Wildman–Crippen LogP) is 3.12. The molecule has 0 aliphatic heterocycles. The molecule has 23 heavy (non-hydrogen) atoms. The molecule has 0 saturated heterocycles. The first-order chi connectivity index (χ1) is 10.6. The summed E-state index contributed by atoms with van der Waals surface area (Å²) in [5, 5.41) is 2.48. The number of nitrogens with zero attached hydrogens (tertiary/aromatic N) is 1. The van der Waals surface area contributed by atoms with Crippen molar-refractivity contribution in [3.05, 3.63) is 29.0 Å². The average molecular weight is 365 g/mol. The Hall–Kier alpha value is -1.18. The van der Waals surface area contributed by atoms with E-state index in [1.54, 1.807) is 0 Å². The summed E-state index contributed by atoms with van der Waals surface area (Å²) >= 11 is 5.64. The first-order valence-corrected chi connectivity index (χ1v) is 9.52. The summed E-state index contributed by atoms with van der Waals surface area (Å²) in [4.78, 5) is 11.9. The van der Waals surface area contributed by atoms with E-state index in [9.17, 15) is 17.6 Å². The molecule has 130 valence electrons. The van der Waals surface area contributed by atoms with Crippen molar-refractivity contribution in [2.45, 2.75) is 26.7 Å². The number of carbonyl (C=O) groups excluding carboxylic acids is 1. The van der Waals surface area contributed by atoms with Crippen molar-refractivity contribution in [3.8, 4) is 0 Å². The Bertz CT molecular complexity index is 650. The van der Waals surface area contributed by atoms with E-state index >= 15 is 0 Å². The van der Waals surface area contributed by atoms with Crippen molar-refractivity contribution in [2.75, 3.05) is 24.7 Å². The second-order valence-corrected chi connectivity index (χ2v) is 8.16. The highest BCUT2D eigenvalue weighted by Crippen LogP contribution is 2.19.